The number of ether oxygens (including phenoxy) is 2. The number of aromatic nitrogens is 2. The van der Waals surface area contributed by atoms with Crippen LogP contribution < -0.4 is 4.74 Å². The zero-order chi connectivity index (χ0) is 33.5. The Morgan fingerprint density at radius 1 is 0.745 bits per heavy atom. The van der Waals surface area contributed by atoms with Crippen molar-refractivity contribution in [1.82, 2.24) is 9.55 Å². The van der Waals surface area contributed by atoms with Crippen LogP contribution in [0, 0.1) is 5.92 Å². The van der Waals surface area contributed by atoms with Crippen LogP contribution in [0.2, 0.25) is 0 Å². The van der Waals surface area contributed by atoms with Crippen LogP contribution >= 0.6 is 0 Å². The smallest absolute Gasteiger partial charge is 0.132 e. The molecule has 2 aromatic heterocycles. The van der Waals surface area contributed by atoms with Gasteiger partial charge in [0.05, 0.1) is 10.9 Å². The molecular formula is C47H36N2O2. The van der Waals surface area contributed by atoms with E-state index in [0.717, 1.165) is 59.8 Å². The highest BCUT2D eigenvalue weighted by atomic mass is 16.5. The van der Waals surface area contributed by atoms with Crippen molar-refractivity contribution < 1.29 is 9.47 Å². The SMILES string of the molecule is C1=CC2OC3=CCCC=C3C3(c4ccc(-c5ccc[nH]5)cc4Oc4cc(-c5cccc6c5c5c(n6-c6ccccc6)C=CCC5)ccc43)C2C=C1. The van der Waals surface area contributed by atoms with Gasteiger partial charge in [0.25, 0.3) is 0 Å². The van der Waals surface area contributed by atoms with Gasteiger partial charge in [-0.2, -0.15) is 0 Å². The summed E-state index contributed by atoms with van der Waals surface area (Å²) >= 11 is 0. The van der Waals surface area contributed by atoms with Crippen LogP contribution in [-0.4, -0.2) is 15.7 Å². The van der Waals surface area contributed by atoms with E-state index >= 15 is 0 Å². The summed E-state index contributed by atoms with van der Waals surface area (Å²) in [4.78, 5) is 3.40. The molecule has 2 aliphatic heterocycles. The molecule has 1 saturated heterocycles. The molecule has 51 heavy (non-hydrogen) atoms. The average molecular weight is 661 g/mol. The van der Waals surface area contributed by atoms with Crippen LogP contribution in [0.1, 0.15) is 41.6 Å². The minimum Gasteiger partial charge on any atom is -0.486 e. The number of fused-ring (bicyclic) bond motifs is 11. The van der Waals surface area contributed by atoms with Crippen LogP contribution in [0.3, 0.4) is 0 Å². The normalized spacial score (nSPS) is 22.2. The molecule has 1 N–H and O–H groups in total. The first kappa shape index (κ1) is 28.8. The predicted molar refractivity (Wildman–Crippen MR) is 205 cm³/mol. The number of nitrogens with zero attached hydrogens (tertiary/aromatic N) is 1. The van der Waals surface area contributed by atoms with Crippen molar-refractivity contribution in [2.24, 2.45) is 5.92 Å². The summed E-state index contributed by atoms with van der Waals surface area (Å²) in [5.41, 5.74) is 12.9. The fourth-order valence-electron chi connectivity index (χ4n) is 9.54. The molecule has 246 valence electrons. The molecule has 4 aromatic carbocycles. The van der Waals surface area contributed by atoms with E-state index in [9.17, 15) is 0 Å². The second kappa shape index (κ2) is 11.0. The Labute approximate surface area is 297 Å². The van der Waals surface area contributed by atoms with Gasteiger partial charge < -0.3 is 19.0 Å². The summed E-state index contributed by atoms with van der Waals surface area (Å²) in [6.07, 6.45) is 24.2. The quantitative estimate of drug-likeness (QED) is 0.205. The van der Waals surface area contributed by atoms with Crippen molar-refractivity contribution in [3.8, 4) is 39.6 Å². The maximum Gasteiger partial charge on any atom is 0.132 e. The van der Waals surface area contributed by atoms with Gasteiger partial charge in [0, 0.05) is 56.8 Å². The molecule has 3 atom stereocenters. The maximum absolute atomic E-state index is 7.10. The number of rotatable bonds is 3. The lowest BCUT2D eigenvalue weighted by Gasteiger charge is -2.53. The van der Waals surface area contributed by atoms with Crippen LogP contribution in [0.15, 0.2) is 157 Å². The molecule has 11 rings (SSSR count). The summed E-state index contributed by atoms with van der Waals surface area (Å²) in [5, 5.41) is 1.33. The third kappa shape index (κ3) is 4.08. The van der Waals surface area contributed by atoms with Crippen molar-refractivity contribution in [3.05, 3.63) is 180 Å². The van der Waals surface area contributed by atoms with Crippen molar-refractivity contribution >= 4 is 17.0 Å². The van der Waals surface area contributed by atoms with Gasteiger partial charge >= 0.3 is 0 Å². The van der Waals surface area contributed by atoms with Crippen molar-refractivity contribution in [2.45, 2.75) is 37.2 Å². The highest BCUT2D eigenvalue weighted by molar-refractivity contribution is 6.02. The monoisotopic (exact) mass is 660 g/mol. The van der Waals surface area contributed by atoms with Crippen LogP contribution in [0.25, 0.3) is 45.1 Å². The van der Waals surface area contributed by atoms with E-state index in [1.54, 1.807) is 0 Å². The number of nitrogens with one attached hydrogen (secondary N) is 1. The Balaban J connectivity index is 1.16. The molecule has 3 aliphatic carbocycles. The molecular weight excluding hydrogens is 625 g/mol. The number of benzene rings is 4. The van der Waals surface area contributed by atoms with Crippen molar-refractivity contribution in [3.63, 3.8) is 0 Å². The first-order chi connectivity index (χ1) is 25.3. The van der Waals surface area contributed by atoms with Crippen LogP contribution in [0.4, 0.5) is 0 Å². The molecule has 1 spiro atoms. The van der Waals surface area contributed by atoms with Gasteiger partial charge in [-0.15, -0.1) is 0 Å². The number of allylic oxidation sites excluding steroid dienone is 6. The fraction of sp³-hybridized carbons (Fsp3) is 0.149. The summed E-state index contributed by atoms with van der Waals surface area (Å²) in [7, 11) is 0. The predicted octanol–water partition coefficient (Wildman–Crippen LogP) is 11.4. The van der Waals surface area contributed by atoms with Gasteiger partial charge in [-0.05, 0) is 103 Å². The van der Waals surface area contributed by atoms with E-state index in [1.807, 2.05) is 12.3 Å². The molecule has 3 unspecified atom stereocenters. The van der Waals surface area contributed by atoms with E-state index in [-0.39, 0.29) is 12.0 Å². The molecule has 4 heterocycles. The summed E-state index contributed by atoms with van der Waals surface area (Å²) in [6.45, 7) is 0. The number of H-pyrrole nitrogens is 1. The van der Waals surface area contributed by atoms with Gasteiger partial charge in [-0.1, -0.05) is 85.0 Å². The molecule has 1 fully saturated rings. The number of aryl methyl sites for hydroxylation is 1. The van der Waals surface area contributed by atoms with Crippen LogP contribution in [0.5, 0.6) is 11.5 Å². The maximum atomic E-state index is 7.10. The Hall–Kier alpha value is -6.00. The summed E-state index contributed by atoms with van der Waals surface area (Å²) in [6, 6.07) is 35.4. The van der Waals surface area contributed by atoms with Gasteiger partial charge in [0.1, 0.15) is 23.4 Å². The minimum absolute atomic E-state index is 0.0646. The Morgan fingerprint density at radius 2 is 1.57 bits per heavy atom. The highest BCUT2D eigenvalue weighted by Crippen LogP contribution is 2.62. The zero-order valence-electron chi connectivity index (χ0n) is 28.2. The van der Waals surface area contributed by atoms with Crippen molar-refractivity contribution in [2.75, 3.05) is 0 Å². The van der Waals surface area contributed by atoms with Crippen molar-refractivity contribution in [1.29, 1.82) is 0 Å². The Kier molecular flexibility index (Phi) is 6.21. The number of aromatic amines is 1. The second-order valence-corrected chi connectivity index (χ2v) is 14.2. The van der Waals surface area contributed by atoms with Crippen LogP contribution in [-0.2, 0) is 16.6 Å². The number of para-hydroxylation sites is 1. The molecule has 0 saturated carbocycles. The second-order valence-electron chi connectivity index (χ2n) is 14.2. The topological polar surface area (TPSA) is 39.2 Å². The molecule has 0 amide bonds. The third-order valence-electron chi connectivity index (χ3n) is 11.6. The first-order valence-electron chi connectivity index (χ1n) is 18.2. The minimum atomic E-state index is -0.473. The van der Waals surface area contributed by atoms with Gasteiger partial charge in [-0.25, -0.2) is 0 Å². The first-order valence-corrected chi connectivity index (χ1v) is 18.2. The standard InChI is InChI=1S/C47H36N2O2/c1-2-12-32(13-3-1)49-40-19-7-4-14-34(40)46-33(15-10-20-41(46)49)30-23-25-37-44(28-30)51-45-29-31(39-18-11-27-48-39)24-26-38(45)47(37)35-16-5-8-21-42(35)50-43-22-9-6-17-36(43)47/h1-3,5,7-8,10-13,15-29,35,42,48H,4,6,9,14H2. The molecule has 0 radical (unpaired) electrons. The molecule has 4 nitrogen and oxygen atoms in total. The largest absolute Gasteiger partial charge is 0.486 e. The number of hydrogen-bond donors (Lipinski definition) is 1. The lowest BCUT2D eigenvalue weighted by molar-refractivity contribution is 0.0641. The van der Waals surface area contributed by atoms with E-state index < -0.39 is 5.41 Å². The zero-order valence-corrected chi connectivity index (χ0v) is 28.2. The highest BCUT2D eigenvalue weighted by Gasteiger charge is 2.57. The van der Waals surface area contributed by atoms with Gasteiger partial charge in [0.2, 0.25) is 0 Å². The fourth-order valence-corrected chi connectivity index (χ4v) is 9.54. The van der Waals surface area contributed by atoms with E-state index in [0.29, 0.717) is 0 Å². The van der Waals surface area contributed by atoms with E-state index in [4.69, 9.17) is 9.47 Å². The summed E-state index contributed by atoms with van der Waals surface area (Å²) in [5.74, 6) is 2.88. The summed E-state index contributed by atoms with van der Waals surface area (Å²) < 4.78 is 16.3. The van der Waals surface area contributed by atoms with Gasteiger partial charge in [-0.3, -0.25) is 0 Å². The molecule has 4 heteroatoms. The van der Waals surface area contributed by atoms with E-state index in [2.05, 4.69) is 149 Å². The lowest BCUT2D eigenvalue weighted by atomic mass is 9.55. The average Bonchev–Trinajstić information content (AvgIpc) is 3.85. The van der Waals surface area contributed by atoms with Gasteiger partial charge in [0.15, 0.2) is 0 Å². The molecule has 0 bridgehead atoms. The Bertz CT molecular complexity index is 2540. The molecule has 6 aromatic rings. The Morgan fingerprint density at radius 3 is 2.43 bits per heavy atom. The third-order valence-corrected chi connectivity index (χ3v) is 11.6. The lowest BCUT2D eigenvalue weighted by Crippen LogP contribution is -2.50. The molecule has 5 aliphatic rings. The number of hydrogen-bond acceptors (Lipinski definition) is 2. The van der Waals surface area contributed by atoms with E-state index in [1.165, 1.54) is 50.1 Å².